The van der Waals surface area contributed by atoms with Gasteiger partial charge in [0, 0.05) is 12.5 Å². The number of nitrogens with one attached hydrogen (secondary N) is 1. The summed E-state index contributed by atoms with van der Waals surface area (Å²) in [5, 5.41) is 2.24. The van der Waals surface area contributed by atoms with Crippen LogP contribution in [0.1, 0.15) is 39.5 Å². The Hall–Kier alpha value is -1.43. The van der Waals surface area contributed by atoms with E-state index in [0.717, 1.165) is 12.8 Å². The average molecular weight is 255 g/mol. The van der Waals surface area contributed by atoms with E-state index in [1.165, 1.54) is 4.90 Å². The minimum Gasteiger partial charge on any atom is -0.327 e. The smallest absolute Gasteiger partial charge is 0.249 e. The number of rotatable bonds is 5. The Morgan fingerprint density at radius 1 is 1.50 bits per heavy atom. The molecule has 6 nitrogen and oxygen atoms in total. The molecule has 1 rings (SSSR count). The van der Waals surface area contributed by atoms with Crippen LogP contribution in [0.3, 0.4) is 0 Å². The highest BCUT2D eigenvalue weighted by atomic mass is 16.2. The van der Waals surface area contributed by atoms with E-state index in [0.29, 0.717) is 6.42 Å². The number of hydrogen-bond donors (Lipinski definition) is 2. The van der Waals surface area contributed by atoms with Crippen LogP contribution in [0.25, 0.3) is 0 Å². The highest BCUT2D eigenvalue weighted by molar-refractivity contribution is 6.04. The van der Waals surface area contributed by atoms with Gasteiger partial charge >= 0.3 is 0 Å². The largest absolute Gasteiger partial charge is 0.327 e. The van der Waals surface area contributed by atoms with Gasteiger partial charge in [-0.25, -0.2) is 0 Å². The first-order valence-electron chi connectivity index (χ1n) is 6.38. The molecule has 1 heterocycles. The Labute approximate surface area is 107 Å². The highest BCUT2D eigenvalue weighted by Gasteiger charge is 2.35. The third-order valence-corrected chi connectivity index (χ3v) is 3.06. The maximum absolute atomic E-state index is 12.1. The highest BCUT2D eigenvalue weighted by Crippen LogP contribution is 2.12. The molecular formula is C12H21N3O3. The van der Waals surface area contributed by atoms with E-state index in [1.54, 1.807) is 0 Å². The second-order valence-electron chi connectivity index (χ2n) is 4.61. The molecule has 1 aliphatic heterocycles. The number of piperazine rings is 1. The Kier molecular flexibility index (Phi) is 5.27. The van der Waals surface area contributed by atoms with E-state index < -0.39 is 17.9 Å². The summed E-state index contributed by atoms with van der Waals surface area (Å²) in [4.78, 5) is 36.3. The van der Waals surface area contributed by atoms with Gasteiger partial charge < -0.3 is 10.6 Å². The summed E-state index contributed by atoms with van der Waals surface area (Å²) in [6, 6.07) is -0.760. The zero-order chi connectivity index (χ0) is 13.7. The predicted octanol–water partition coefficient (Wildman–Crippen LogP) is -0.232. The third-order valence-electron chi connectivity index (χ3n) is 3.06. The van der Waals surface area contributed by atoms with Crippen molar-refractivity contribution in [3.8, 4) is 0 Å². The van der Waals surface area contributed by atoms with Crippen LogP contribution in [-0.2, 0) is 14.4 Å². The van der Waals surface area contributed by atoms with Crippen molar-refractivity contribution in [3.05, 3.63) is 0 Å². The minimum atomic E-state index is -0.552. The lowest BCUT2D eigenvalue weighted by atomic mass is 10.1. The second kappa shape index (κ2) is 6.49. The molecule has 2 unspecified atom stereocenters. The van der Waals surface area contributed by atoms with Crippen molar-refractivity contribution < 1.29 is 14.4 Å². The van der Waals surface area contributed by atoms with Crippen LogP contribution in [0.5, 0.6) is 0 Å². The van der Waals surface area contributed by atoms with Gasteiger partial charge in [0.25, 0.3) is 0 Å². The molecule has 0 spiro atoms. The molecule has 3 amide bonds. The van der Waals surface area contributed by atoms with E-state index in [2.05, 4.69) is 5.32 Å². The lowest BCUT2D eigenvalue weighted by molar-refractivity contribution is -0.150. The van der Waals surface area contributed by atoms with E-state index in [1.807, 2.05) is 13.8 Å². The Bertz CT molecular complexity index is 343. The third kappa shape index (κ3) is 3.53. The summed E-state index contributed by atoms with van der Waals surface area (Å²) in [6.07, 6.45) is 2.35. The number of carbonyl (C=O) groups is 3. The molecule has 2 atom stereocenters. The van der Waals surface area contributed by atoms with Gasteiger partial charge in [-0.3, -0.25) is 19.7 Å². The van der Waals surface area contributed by atoms with Crippen LogP contribution in [-0.4, -0.2) is 41.2 Å². The molecule has 3 N–H and O–H groups in total. The Balaban J connectivity index is 2.68. The summed E-state index contributed by atoms with van der Waals surface area (Å²) < 4.78 is 0. The Morgan fingerprint density at radius 2 is 2.17 bits per heavy atom. The van der Waals surface area contributed by atoms with Crippen LogP contribution in [0.2, 0.25) is 0 Å². The maximum Gasteiger partial charge on any atom is 0.249 e. The first kappa shape index (κ1) is 14.6. The van der Waals surface area contributed by atoms with Crippen molar-refractivity contribution in [2.45, 2.75) is 51.6 Å². The van der Waals surface area contributed by atoms with Crippen molar-refractivity contribution in [2.24, 2.45) is 5.73 Å². The fourth-order valence-electron chi connectivity index (χ4n) is 2.15. The molecule has 0 saturated carbocycles. The van der Waals surface area contributed by atoms with Crippen molar-refractivity contribution in [1.82, 2.24) is 10.2 Å². The first-order valence-corrected chi connectivity index (χ1v) is 6.38. The molecule has 0 bridgehead atoms. The number of hydrogen-bond acceptors (Lipinski definition) is 4. The SMILES string of the molecule is CCCC(N)CC(=O)N1CC(=O)NC(=O)C1CC. The summed E-state index contributed by atoms with van der Waals surface area (Å²) in [5.74, 6) is -1.04. The molecule has 0 aromatic carbocycles. The molecule has 1 saturated heterocycles. The van der Waals surface area contributed by atoms with Gasteiger partial charge in [0.1, 0.15) is 12.6 Å². The molecule has 0 aromatic heterocycles. The average Bonchev–Trinajstić information content (AvgIpc) is 2.28. The van der Waals surface area contributed by atoms with Crippen molar-refractivity contribution in [2.75, 3.05) is 6.54 Å². The zero-order valence-corrected chi connectivity index (χ0v) is 10.9. The van der Waals surface area contributed by atoms with Crippen molar-refractivity contribution in [3.63, 3.8) is 0 Å². The molecule has 0 aromatic rings. The van der Waals surface area contributed by atoms with Gasteiger partial charge in [-0.05, 0) is 12.8 Å². The quantitative estimate of drug-likeness (QED) is 0.664. The molecule has 1 fully saturated rings. The molecule has 102 valence electrons. The molecule has 1 aliphatic rings. The molecule has 18 heavy (non-hydrogen) atoms. The van der Waals surface area contributed by atoms with Gasteiger partial charge in [-0.2, -0.15) is 0 Å². The molecular weight excluding hydrogens is 234 g/mol. The summed E-state index contributed by atoms with van der Waals surface area (Å²) in [7, 11) is 0. The van der Waals surface area contributed by atoms with E-state index in [4.69, 9.17) is 5.73 Å². The molecule has 0 aliphatic carbocycles. The monoisotopic (exact) mass is 255 g/mol. The molecule has 0 radical (unpaired) electrons. The lowest BCUT2D eigenvalue weighted by Crippen LogP contribution is -2.60. The van der Waals surface area contributed by atoms with E-state index >= 15 is 0 Å². The number of nitrogens with zero attached hydrogens (tertiary/aromatic N) is 1. The van der Waals surface area contributed by atoms with Crippen LogP contribution in [0.15, 0.2) is 0 Å². The minimum absolute atomic E-state index is 0.0536. The normalized spacial score (nSPS) is 21.7. The number of amides is 3. The standard InChI is InChI=1S/C12H21N3O3/c1-3-5-8(13)6-11(17)15-7-10(16)14-12(18)9(15)4-2/h8-9H,3-7,13H2,1-2H3,(H,14,16,18). The summed E-state index contributed by atoms with van der Waals surface area (Å²) in [6.45, 7) is 3.76. The number of imide groups is 1. The maximum atomic E-state index is 12.1. The second-order valence-corrected chi connectivity index (χ2v) is 4.61. The fraction of sp³-hybridized carbons (Fsp3) is 0.750. The lowest BCUT2D eigenvalue weighted by Gasteiger charge is -2.34. The zero-order valence-electron chi connectivity index (χ0n) is 10.9. The van der Waals surface area contributed by atoms with Crippen molar-refractivity contribution >= 4 is 17.7 Å². The molecule has 6 heteroatoms. The van der Waals surface area contributed by atoms with Crippen LogP contribution < -0.4 is 11.1 Å². The van der Waals surface area contributed by atoms with Crippen molar-refractivity contribution in [1.29, 1.82) is 0 Å². The first-order chi connectivity index (χ1) is 8.49. The van der Waals surface area contributed by atoms with Gasteiger partial charge in [0.05, 0.1) is 0 Å². The van der Waals surface area contributed by atoms with E-state index in [9.17, 15) is 14.4 Å². The van der Waals surface area contributed by atoms with Gasteiger partial charge in [0.2, 0.25) is 17.7 Å². The van der Waals surface area contributed by atoms with Gasteiger partial charge in [-0.15, -0.1) is 0 Å². The topological polar surface area (TPSA) is 92.5 Å². The van der Waals surface area contributed by atoms with Gasteiger partial charge in [0.15, 0.2) is 0 Å². The van der Waals surface area contributed by atoms with Gasteiger partial charge in [-0.1, -0.05) is 20.3 Å². The predicted molar refractivity (Wildman–Crippen MR) is 66.4 cm³/mol. The summed E-state index contributed by atoms with van der Waals surface area (Å²) >= 11 is 0. The number of nitrogens with two attached hydrogens (primary N) is 1. The van der Waals surface area contributed by atoms with Crippen LogP contribution >= 0.6 is 0 Å². The number of carbonyl (C=O) groups excluding carboxylic acids is 3. The fourth-order valence-corrected chi connectivity index (χ4v) is 2.15. The Morgan fingerprint density at radius 3 is 2.72 bits per heavy atom. The van der Waals surface area contributed by atoms with Crippen LogP contribution in [0, 0.1) is 0 Å². The van der Waals surface area contributed by atoms with Crippen LogP contribution in [0.4, 0.5) is 0 Å². The summed E-state index contributed by atoms with van der Waals surface area (Å²) in [5.41, 5.74) is 5.82. The van der Waals surface area contributed by atoms with E-state index in [-0.39, 0.29) is 24.9 Å².